The number of imide groups is 2. The van der Waals surface area contributed by atoms with Gasteiger partial charge in [0.25, 0.3) is 11.8 Å². The van der Waals surface area contributed by atoms with Crippen molar-refractivity contribution in [3.8, 4) is 28.7 Å². The molecule has 40 heavy (non-hydrogen) atoms. The van der Waals surface area contributed by atoms with Crippen LogP contribution >= 0.6 is 15.9 Å². The second-order valence-corrected chi connectivity index (χ2v) is 9.15. The summed E-state index contributed by atoms with van der Waals surface area (Å²) in [5.74, 6) is 1.16. The number of rotatable bonds is 11. The number of barbiturate groups is 1. The fourth-order valence-electron chi connectivity index (χ4n) is 3.86. The van der Waals surface area contributed by atoms with Crippen molar-refractivity contribution in [1.82, 2.24) is 5.32 Å². The van der Waals surface area contributed by atoms with Crippen molar-refractivity contribution >= 4 is 45.5 Å². The molecule has 0 aromatic heterocycles. The van der Waals surface area contributed by atoms with Gasteiger partial charge >= 0.3 is 6.03 Å². The van der Waals surface area contributed by atoms with E-state index in [1.807, 2.05) is 25.1 Å². The third kappa shape index (κ3) is 6.55. The van der Waals surface area contributed by atoms with Gasteiger partial charge in [0.1, 0.15) is 36.0 Å². The van der Waals surface area contributed by atoms with Gasteiger partial charge < -0.3 is 23.7 Å². The molecule has 1 heterocycles. The monoisotopic (exact) mass is 610 g/mol. The van der Waals surface area contributed by atoms with Crippen LogP contribution in [-0.2, 0) is 9.59 Å². The maximum absolute atomic E-state index is 13.3. The minimum absolute atomic E-state index is 0.217. The normalized spacial score (nSPS) is 14.2. The van der Waals surface area contributed by atoms with E-state index in [0.29, 0.717) is 45.4 Å². The summed E-state index contributed by atoms with van der Waals surface area (Å²) in [5.41, 5.74) is 0.556. The minimum atomic E-state index is -0.839. The number of nitrogens with one attached hydrogen (secondary N) is 1. The Balaban J connectivity index is 1.53. The Morgan fingerprint density at radius 2 is 1.55 bits per heavy atom. The Bertz CT molecular complexity index is 1440. The van der Waals surface area contributed by atoms with E-state index < -0.39 is 17.8 Å². The van der Waals surface area contributed by atoms with Gasteiger partial charge in [-0.25, -0.2) is 9.69 Å². The van der Waals surface area contributed by atoms with Crippen LogP contribution in [0.25, 0.3) is 6.08 Å². The summed E-state index contributed by atoms with van der Waals surface area (Å²) in [6.07, 6.45) is 1.39. The van der Waals surface area contributed by atoms with Crippen molar-refractivity contribution < 1.29 is 38.1 Å². The summed E-state index contributed by atoms with van der Waals surface area (Å²) >= 11 is 3.50. The number of methoxy groups -OCH3 is 2. The quantitative estimate of drug-likeness (QED) is 0.184. The lowest BCUT2D eigenvalue weighted by atomic mass is 10.1. The number of nitrogens with zero attached hydrogens (tertiary/aromatic N) is 1. The number of urea groups is 1. The molecule has 10 nitrogen and oxygen atoms in total. The topological polar surface area (TPSA) is 113 Å². The molecule has 0 unspecified atom stereocenters. The number of hydrogen-bond donors (Lipinski definition) is 1. The molecule has 1 N–H and O–H groups in total. The molecule has 0 radical (unpaired) electrons. The highest BCUT2D eigenvalue weighted by Gasteiger charge is 2.37. The average Bonchev–Trinajstić information content (AvgIpc) is 2.95. The standard InChI is InChI=1S/C29H27BrN2O8/c1-4-38-25-16-18(15-24(30)26(25)40-13-12-39-22-7-5-6-21(17-22)37-3)14-23-27(33)31-29(35)32(28(23)34)19-8-10-20(36-2)11-9-19/h5-11,14-17H,4,12-13H2,1-3H3,(H,31,33,35)/b23-14+. The second kappa shape index (κ2) is 13.0. The molecular weight excluding hydrogens is 584 g/mol. The van der Waals surface area contributed by atoms with E-state index in [9.17, 15) is 14.4 Å². The van der Waals surface area contributed by atoms with Crippen LogP contribution in [0, 0.1) is 0 Å². The molecule has 3 aromatic rings. The van der Waals surface area contributed by atoms with Crippen molar-refractivity contribution in [2.45, 2.75) is 6.92 Å². The van der Waals surface area contributed by atoms with Crippen molar-refractivity contribution in [3.63, 3.8) is 0 Å². The van der Waals surface area contributed by atoms with E-state index in [1.165, 1.54) is 13.2 Å². The highest BCUT2D eigenvalue weighted by Crippen LogP contribution is 2.38. The largest absolute Gasteiger partial charge is 0.497 e. The number of halogens is 1. The van der Waals surface area contributed by atoms with Crippen LogP contribution in [0.5, 0.6) is 28.7 Å². The molecule has 208 valence electrons. The summed E-state index contributed by atoms with van der Waals surface area (Å²) < 4.78 is 28.3. The number of carbonyl (C=O) groups excluding carboxylic acids is 3. The van der Waals surface area contributed by atoms with Crippen molar-refractivity contribution in [3.05, 3.63) is 76.3 Å². The van der Waals surface area contributed by atoms with Gasteiger partial charge in [0, 0.05) is 6.07 Å². The van der Waals surface area contributed by atoms with Crippen LogP contribution in [-0.4, -0.2) is 51.9 Å². The summed E-state index contributed by atoms with van der Waals surface area (Å²) in [6, 6.07) is 16.1. The van der Waals surface area contributed by atoms with Crippen molar-refractivity contribution in [1.29, 1.82) is 0 Å². The van der Waals surface area contributed by atoms with Crippen LogP contribution < -0.4 is 33.9 Å². The Morgan fingerprint density at radius 3 is 2.25 bits per heavy atom. The molecule has 3 aromatic carbocycles. The zero-order chi connectivity index (χ0) is 28.6. The number of hydrogen-bond acceptors (Lipinski definition) is 8. The molecule has 0 spiro atoms. The predicted molar refractivity (Wildman–Crippen MR) is 151 cm³/mol. The van der Waals surface area contributed by atoms with Crippen LogP contribution in [0.4, 0.5) is 10.5 Å². The van der Waals surface area contributed by atoms with Crippen LogP contribution in [0.1, 0.15) is 12.5 Å². The lowest BCUT2D eigenvalue weighted by Gasteiger charge is -2.26. The molecule has 0 bridgehead atoms. The number of amides is 4. The highest BCUT2D eigenvalue weighted by molar-refractivity contribution is 9.10. The Kier molecular flexibility index (Phi) is 9.28. The zero-order valence-electron chi connectivity index (χ0n) is 22.1. The fourth-order valence-corrected chi connectivity index (χ4v) is 4.43. The molecule has 4 amide bonds. The van der Waals surface area contributed by atoms with E-state index >= 15 is 0 Å². The fraction of sp³-hybridized carbons (Fsp3) is 0.207. The number of benzene rings is 3. The lowest BCUT2D eigenvalue weighted by molar-refractivity contribution is -0.122. The highest BCUT2D eigenvalue weighted by atomic mass is 79.9. The van der Waals surface area contributed by atoms with Crippen LogP contribution in [0.3, 0.4) is 0 Å². The van der Waals surface area contributed by atoms with Gasteiger partial charge in [-0.15, -0.1) is 0 Å². The van der Waals surface area contributed by atoms with Crippen LogP contribution in [0.2, 0.25) is 0 Å². The second-order valence-electron chi connectivity index (χ2n) is 8.29. The third-order valence-corrected chi connectivity index (χ3v) is 6.30. The summed E-state index contributed by atoms with van der Waals surface area (Å²) in [4.78, 5) is 39.3. The van der Waals surface area contributed by atoms with E-state index in [-0.39, 0.29) is 24.5 Å². The van der Waals surface area contributed by atoms with Gasteiger partial charge in [0.05, 0.1) is 31.0 Å². The Labute approximate surface area is 239 Å². The average molecular weight is 611 g/mol. The first kappa shape index (κ1) is 28.5. The summed E-state index contributed by atoms with van der Waals surface area (Å²) in [6.45, 7) is 2.66. The molecule has 1 aliphatic rings. The third-order valence-electron chi connectivity index (χ3n) is 5.71. The van der Waals surface area contributed by atoms with Crippen LogP contribution in [0.15, 0.2) is 70.7 Å². The molecule has 0 atom stereocenters. The summed E-state index contributed by atoms with van der Waals surface area (Å²) in [7, 11) is 3.09. The lowest BCUT2D eigenvalue weighted by Crippen LogP contribution is -2.54. The molecule has 0 aliphatic carbocycles. The minimum Gasteiger partial charge on any atom is -0.497 e. The molecule has 1 saturated heterocycles. The van der Waals surface area contributed by atoms with Gasteiger partial charge in [-0.3, -0.25) is 14.9 Å². The van der Waals surface area contributed by atoms with E-state index in [4.69, 9.17) is 23.7 Å². The Hall–Kier alpha value is -4.51. The zero-order valence-corrected chi connectivity index (χ0v) is 23.6. The smallest absolute Gasteiger partial charge is 0.335 e. The van der Waals surface area contributed by atoms with Gasteiger partial charge in [-0.1, -0.05) is 6.07 Å². The van der Waals surface area contributed by atoms with Gasteiger partial charge in [-0.05, 0) is 83.0 Å². The molecule has 4 rings (SSSR count). The number of anilines is 1. The first-order chi connectivity index (χ1) is 19.3. The van der Waals surface area contributed by atoms with Gasteiger partial charge in [0.15, 0.2) is 11.5 Å². The van der Waals surface area contributed by atoms with Crippen molar-refractivity contribution in [2.24, 2.45) is 0 Å². The van der Waals surface area contributed by atoms with Gasteiger partial charge in [-0.2, -0.15) is 0 Å². The summed E-state index contributed by atoms with van der Waals surface area (Å²) in [5, 5.41) is 2.22. The SMILES string of the molecule is CCOc1cc(/C=C2\C(=O)NC(=O)N(c3ccc(OC)cc3)C2=O)cc(Br)c1OCCOc1cccc(OC)c1. The van der Waals surface area contributed by atoms with E-state index in [0.717, 1.165) is 4.90 Å². The molecule has 1 aliphatic heterocycles. The maximum atomic E-state index is 13.3. The number of ether oxygens (including phenoxy) is 5. The molecule has 1 fully saturated rings. The Morgan fingerprint density at radius 1 is 0.850 bits per heavy atom. The van der Waals surface area contributed by atoms with Gasteiger partial charge in [0.2, 0.25) is 0 Å². The van der Waals surface area contributed by atoms with Crippen molar-refractivity contribution in [2.75, 3.05) is 38.9 Å². The van der Waals surface area contributed by atoms with E-state index in [2.05, 4.69) is 21.2 Å². The first-order valence-electron chi connectivity index (χ1n) is 12.3. The predicted octanol–water partition coefficient (Wildman–Crippen LogP) is 4.99. The van der Waals surface area contributed by atoms with E-state index in [1.54, 1.807) is 49.6 Å². The molecular formula is C29H27BrN2O8. The molecule has 11 heteroatoms. The molecule has 0 saturated carbocycles. The number of carbonyl (C=O) groups is 3. The first-order valence-corrected chi connectivity index (χ1v) is 13.1. The maximum Gasteiger partial charge on any atom is 0.335 e.